The molecule has 3 rings (SSSR count). The number of aliphatic carboxylic acids is 1. The SMILES string of the molecule is O=C(O)CN(C(=O)c1cn(C2CNC2)nn1)C1CCCC1. The van der Waals surface area contributed by atoms with Gasteiger partial charge in [-0.15, -0.1) is 5.10 Å². The minimum atomic E-state index is -0.995. The summed E-state index contributed by atoms with van der Waals surface area (Å²) < 4.78 is 1.68. The zero-order valence-electron chi connectivity index (χ0n) is 11.7. The first-order valence-electron chi connectivity index (χ1n) is 7.30. The van der Waals surface area contributed by atoms with Crippen molar-refractivity contribution in [1.82, 2.24) is 25.2 Å². The van der Waals surface area contributed by atoms with Gasteiger partial charge in [-0.2, -0.15) is 0 Å². The van der Waals surface area contributed by atoms with Gasteiger partial charge in [0.2, 0.25) is 0 Å². The van der Waals surface area contributed by atoms with Crippen LogP contribution in [0.2, 0.25) is 0 Å². The van der Waals surface area contributed by atoms with Gasteiger partial charge >= 0.3 is 5.97 Å². The Balaban J connectivity index is 1.75. The molecule has 2 N–H and O–H groups in total. The lowest BCUT2D eigenvalue weighted by Crippen LogP contribution is -2.43. The van der Waals surface area contributed by atoms with Gasteiger partial charge in [0.1, 0.15) is 6.54 Å². The number of rotatable bonds is 5. The largest absolute Gasteiger partial charge is 0.480 e. The first-order chi connectivity index (χ1) is 10.1. The number of hydrogen-bond acceptors (Lipinski definition) is 5. The third-order valence-electron chi connectivity index (χ3n) is 4.20. The quantitative estimate of drug-likeness (QED) is 0.786. The predicted molar refractivity (Wildman–Crippen MR) is 72.9 cm³/mol. The third-order valence-corrected chi connectivity index (χ3v) is 4.20. The summed E-state index contributed by atoms with van der Waals surface area (Å²) in [5.41, 5.74) is 0.232. The van der Waals surface area contributed by atoms with E-state index in [1.54, 1.807) is 10.9 Å². The molecule has 114 valence electrons. The van der Waals surface area contributed by atoms with Gasteiger partial charge in [-0.3, -0.25) is 9.59 Å². The van der Waals surface area contributed by atoms with Gasteiger partial charge in [0.15, 0.2) is 5.69 Å². The van der Waals surface area contributed by atoms with E-state index in [2.05, 4.69) is 15.6 Å². The van der Waals surface area contributed by atoms with Gasteiger partial charge in [-0.05, 0) is 12.8 Å². The fourth-order valence-electron chi connectivity index (χ4n) is 2.89. The average Bonchev–Trinajstić information content (AvgIpc) is 3.03. The molecule has 2 aliphatic rings. The highest BCUT2D eigenvalue weighted by molar-refractivity contribution is 5.94. The first-order valence-corrected chi connectivity index (χ1v) is 7.30. The van der Waals surface area contributed by atoms with Crippen LogP contribution >= 0.6 is 0 Å². The first kappa shape index (κ1) is 14.0. The summed E-state index contributed by atoms with van der Waals surface area (Å²) in [4.78, 5) is 25.0. The molecule has 21 heavy (non-hydrogen) atoms. The molecule has 2 heterocycles. The fraction of sp³-hybridized carbons (Fsp3) is 0.692. The number of carboxylic acids is 1. The van der Waals surface area contributed by atoms with E-state index in [0.29, 0.717) is 0 Å². The second-order valence-corrected chi connectivity index (χ2v) is 5.66. The molecule has 1 saturated carbocycles. The second-order valence-electron chi connectivity index (χ2n) is 5.66. The minimum absolute atomic E-state index is 0.00381. The Kier molecular flexibility index (Phi) is 3.87. The number of carboxylic acid groups (broad SMARTS) is 1. The van der Waals surface area contributed by atoms with Crippen molar-refractivity contribution in [1.29, 1.82) is 0 Å². The lowest BCUT2D eigenvalue weighted by Gasteiger charge is -2.27. The molecule has 1 aromatic heterocycles. The summed E-state index contributed by atoms with van der Waals surface area (Å²) >= 11 is 0. The van der Waals surface area contributed by atoms with E-state index in [0.717, 1.165) is 38.8 Å². The molecule has 0 aromatic carbocycles. The van der Waals surface area contributed by atoms with Crippen molar-refractivity contribution in [3.05, 3.63) is 11.9 Å². The molecule has 0 spiro atoms. The van der Waals surface area contributed by atoms with E-state index in [9.17, 15) is 9.59 Å². The van der Waals surface area contributed by atoms with E-state index in [4.69, 9.17) is 5.11 Å². The van der Waals surface area contributed by atoms with Crippen molar-refractivity contribution in [2.45, 2.75) is 37.8 Å². The van der Waals surface area contributed by atoms with Gasteiger partial charge in [-0.1, -0.05) is 18.1 Å². The minimum Gasteiger partial charge on any atom is -0.480 e. The number of nitrogens with one attached hydrogen (secondary N) is 1. The van der Waals surface area contributed by atoms with Crippen molar-refractivity contribution >= 4 is 11.9 Å². The summed E-state index contributed by atoms with van der Waals surface area (Å²) in [6.45, 7) is 1.36. The normalized spacial score (nSPS) is 19.4. The maximum absolute atomic E-state index is 12.5. The van der Waals surface area contributed by atoms with Crippen molar-refractivity contribution in [2.24, 2.45) is 0 Å². The molecule has 1 aromatic rings. The Morgan fingerprint density at radius 1 is 1.38 bits per heavy atom. The topological polar surface area (TPSA) is 100 Å². The van der Waals surface area contributed by atoms with Crippen LogP contribution < -0.4 is 5.32 Å². The number of carbonyl (C=O) groups is 2. The van der Waals surface area contributed by atoms with Crippen LogP contribution in [-0.2, 0) is 4.79 Å². The number of aromatic nitrogens is 3. The summed E-state index contributed by atoms with van der Waals surface area (Å²) in [5, 5.41) is 20.1. The Morgan fingerprint density at radius 2 is 2.10 bits per heavy atom. The maximum atomic E-state index is 12.5. The monoisotopic (exact) mass is 293 g/mol. The van der Waals surface area contributed by atoms with E-state index < -0.39 is 5.97 Å². The smallest absolute Gasteiger partial charge is 0.323 e. The summed E-state index contributed by atoms with van der Waals surface area (Å²) in [6.07, 6.45) is 5.42. The molecule has 1 aliphatic carbocycles. The van der Waals surface area contributed by atoms with Gasteiger partial charge in [0.05, 0.1) is 12.2 Å². The average molecular weight is 293 g/mol. The lowest BCUT2D eigenvalue weighted by atomic mass is 10.2. The van der Waals surface area contributed by atoms with Gasteiger partial charge in [-0.25, -0.2) is 4.68 Å². The molecule has 0 radical (unpaired) electrons. The van der Waals surface area contributed by atoms with Crippen LogP contribution in [0.5, 0.6) is 0 Å². The summed E-state index contributed by atoms with van der Waals surface area (Å²) in [7, 11) is 0. The molecule has 8 nitrogen and oxygen atoms in total. The molecule has 0 atom stereocenters. The molecule has 1 saturated heterocycles. The van der Waals surface area contributed by atoms with Crippen LogP contribution in [0.1, 0.15) is 42.2 Å². The highest BCUT2D eigenvalue weighted by Gasteiger charge is 2.31. The van der Waals surface area contributed by atoms with Gasteiger partial charge < -0.3 is 15.3 Å². The van der Waals surface area contributed by atoms with E-state index in [-0.39, 0.29) is 30.2 Å². The Morgan fingerprint density at radius 3 is 2.67 bits per heavy atom. The van der Waals surface area contributed by atoms with Gasteiger partial charge in [0, 0.05) is 19.1 Å². The maximum Gasteiger partial charge on any atom is 0.323 e. The Bertz CT molecular complexity index is 534. The second kappa shape index (κ2) is 5.80. The standard InChI is InChI=1S/C13H19N5O3/c19-12(20)8-17(9-3-1-2-4-9)13(21)11-7-18(16-15-11)10-5-14-6-10/h7,9-10,14H,1-6,8H2,(H,19,20). The molecular weight excluding hydrogens is 274 g/mol. The third kappa shape index (κ3) is 2.90. The molecule has 0 bridgehead atoms. The molecule has 1 amide bonds. The van der Waals surface area contributed by atoms with E-state index in [1.165, 1.54) is 4.90 Å². The number of hydrogen-bond donors (Lipinski definition) is 2. The predicted octanol–water partition coefficient (Wildman–Crippen LogP) is -0.108. The summed E-state index contributed by atoms with van der Waals surface area (Å²) in [6, 6.07) is 0.238. The summed E-state index contributed by atoms with van der Waals surface area (Å²) in [5.74, 6) is -1.33. The highest BCUT2D eigenvalue weighted by Crippen LogP contribution is 2.24. The van der Waals surface area contributed by atoms with E-state index in [1.807, 2.05) is 0 Å². The number of carbonyl (C=O) groups excluding carboxylic acids is 1. The Hall–Kier alpha value is -1.96. The van der Waals surface area contributed by atoms with E-state index >= 15 is 0 Å². The van der Waals surface area contributed by atoms with Crippen LogP contribution in [-0.4, -0.2) is 62.6 Å². The molecular formula is C13H19N5O3. The van der Waals surface area contributed by atoms with Crippen LogP contribution in [0.3, 0.4) is 0 Å². The Labute approximate surface area is 122 Å². The number of nitrogens with zero attached hydrogens (tertiary/aromatic N) is 4. The highest BCUT2D eigenvalue weighted by atomic mass is 16.4. The van der Waals surface area contributed by atoms with Crippen LogP contribution in [0.4, 0.5) is 0 Å². The number of amides is 1. The van der Waals surface area contributed by atoms with Crippen LogP contribution in [0.25, 0.3) is 0 Å². The lowest BCUT2D eigenvalue weighted by molar-refractivity contribution is -0.138. The fourth-order valence-corrected chi connectivity index (χ4v) is 2.89. The zero-order valence-corrected chi connectivity index (χ0v) is 11.7. The zero-order chi connectivity index (χ0) is 14.8. The van der Waals surface area contributed by atoms with Gasteiger partial charge in [0.25, 0.3) is 5.91 Å². The van der Waals surface area contributed by atoms with Crippen molar-refractivity contribution in [2.75, 3.05) is 19.6 Å². The van der Waals surface area contributed by atoms with Crippen molar-refractivity contribution in [3.63, 3.8) is 0 Å². The molecule has 0 unspecified atom stereocenters. The molecule has 1 aliphatic heterocycles. The molecule has 2 fully saturated rings. The van der Waals surface area contributed by atoms with Crippen LogP contribution in [0.15, 0.2) is 6.20 Å². The molecule has 8 heteroatoms. The van der Waals surface area contributed by atoms with Crippen molar-refractivity contribution in [3.8, 4) is 0 Å². The van der Waals surface area contributed by atoms with Crippen LogP contribution in [0, 0.1) is 0 Å². The van der Waals surface area contributed by atoms with Crippen molar-refractivity contribution < 1.29 is 14.7 Å².